The topological polar surface area (TPSA) is 23.1 Å². The molecule has 110 valence electrons. The van der Waals surface area contributed by atoms with Gasteiger partial charge in [0.25, 0.3) is 0 Å². The molecule has 2 nitrogen and oxygen atoms in total. The molecule has 2 heterocycles. The van der Waals surface area contributed by atoms with Crippen molar-refractivity contribution >= 4 is 21.5 Å². The van der Waals surface area contributed by atoms with E-state index < -0.39 is 0 Å². The minimum Gasteiger partial charge on any atom is -0.632 e. The molecule has 22 heavy (non-hydrogen) atoms. The summed E-state index contributed by atoms with van der Waals surface area (Å²) < 4.78 is 0.0199. The number of hydrogen-bond donors (Lipinski definition) is 0. The van der Waals surface area contributed by atoms with Crippen molar-refractivity contribution in [3.8, 4) is 0 Å². The average Bonchev–Trinajstić information content (AvgIpc) is 2.96. The lowest BCUT2D eigenvalue weighted by Gasteiger charge is -2.48. The van der Waals surface area contributed by atoms with Crippen molar-refractivity contribution in [2.75, 3.05) is 13.1 Å². The van der Waals surface area contributed by atoms with Crippen LogP contribution in [0.3, 0.4) is 0 Å². The van der Waals surface area contributed by atoms with Crippen molar-refractivity contribution in [3.63, 3.8) is 0 Å². The van der Waals surface area contributed by atoms with E-state index in [0.29, 0.717) is 0 Å². The minimum absolute atomic E-state index is 0.0199. The molecule has 2 unspecified atom stereocenters. The predicted octanol–water partition coefficient (Wildman–Crippen LogP) is 4.70. The highest BCUT2D eigenvalue weighted by molar-refractivity contribution is 6.08. The highest BCUT2D eigenvalue weighted by Crippen LogP contribution is 2.45. The molecular weight excluding hydrogens is 270 g/mol. The van der Waals surface area contributed by atoms with E-state index in [9.17, 15) is 5.21 Å². The molecule has 3 aromatic rings. The molecule has 0 aliphatic carbocycles. The molecule has 2 aliphatic heterocycles. The van der Waals surface area contributed by atoms with E-state index >= 15 is 0 Å². The third-order valence-corrected chi connectivity index (χ3v) is 5.76. The van der Waals surface area contributed by atoms with Gasteiger partial charge in [-0.15, -0.1) is 0 Å². The summed E-state index contributed by atoms with van der Waals surface area (Å²) >= 11 is 0. The quantitative estimate of drug-likeness (QED) is 0.334. The number of fused-ring (bicyclic) bond motifs is 7. The van der Waals surface area contributed by atoms with E-state index in [1.807, 2.05) is 0 Å². The van der Waals surface area contributed by atoms with E-state index in [0.717, 1.165) is 32.4 Å². The molecular formula is C20H19NO. The Labute approximate surface area is 130 Å². The first kappa shape index (κ1) is 12.6. The Morgan fingerprint density at radius 1 is 0.864 bits per heavy atom. The lowest BCUT2D eigenvalue weighted by molar-refractivity contribution is -0.900. The van der Waals surface area contributed by atoms with E-state index in [1.165, 1.54) is 32.7 Å². The first-order valence-corrected chi connectivity index (χ1v) is 8.27. The van der Waals surface area contributed by atoms with Crippen LogP contribution in [-0.2, 0) is 6.42 Å². The van der Waals surface area contributed by atoms with Gasteiger partial charge in [0.1, 0.15) is 6.04 Å². The van der Waals surface area contributed by atoms with Gasteiger partial charge in [-0.2, -0.15) is 0 Å². The van der Waals surface area contributed by atoms with Crippen molar-refractivity contribution < 1.29 is 4.65 Å². The number of quaternary nitrogens is 1. The van der Waals surface area contributed by atoms with Crippen molar-refractivity contribution in [1.82, 2.24) is 0 Å². The summed E-state index contributed by atoms with van der Waals surface area (Å²) in [6, 6.07) is 17.7. The molecule has 0 amide bonds. The van der Waals surface area contributed by atoms with Gasteiger partial charge in [0.05, 0.1) is 13.1 Å². The highest BCUT2D eigenvalue weighted by atomic mass is 16.5. The number of nitrogens with zero attached hydrogens (tertiary/aromatic N) is 1. The second-order valence-corrected chi connectivity index (χ2v) is 6.82. The summed E-state index contributed by atoms with van der Waals surface area (Å²) in [5.74, 6) is 0. The average molecular weight is 289 g/mol. The SMILES string of the molecule is [O-][N+]12CCCC1c1ccc3c(ccc4ccccc43)c1CC2. The van der Waals surface area contributed by atoms with Crippen LogP contribution in [0, 0.1) is 5.21 Å². The Bertz CT molecular complexity index is 901. The number of rotatable bonds is 0. The van der Waals surface area contributed by atoms with Crippen LogP contribution in [0.4, 0.5) is 0 Å². The van der Waals surface area contributed by atoms with Crippen molar-refractivity contribution in [1.29, 1.82) is 0 Å². The molecule has 0 spiro atoms. The zero-order valence-electron chi connectivity index (χ0n) is 12.6. The van der Waals surface area contributed by atoms with E-state index in [2.05, 4.69) is 48.5 Å². The third kappa shape index (κ3) is 1.57. The summed E-state index contributed by atoms with van der Waals surface area (Å²) in [5, 5.41) is 18.2. The predicted molar refractivity (Wildman–Crippen MR) is 90.5 cm³/mol. The molecule has 0 saturated carbocycles. The van der Waals surface area contributed by atoms with Crippen LogP contribution in [0.15, 0.2) is 48.5 Å². The molecule has 0 aromatic heterocycles. The molecule has 5 rings (SSSR count). The molecule has 0 radical (unpaired) electrons. The smallest absolute Gasteiger partial charge is 0.115 e. The minimum atomic E-state index is 0.0199. The maximum Gasteiger partial charge on any atom is 0.115 e. The number of hydroxylamine groups is 3. The maximum atomic E-state index is 12.9. The molecule has 2 aliphatic rings. The fourth-order valence-corrected chi connectivity index (χ4v) is 4.68. The number of benzene rings is 3. The van der Waals surface area contributed by atoms with Crippen molar-refractivity contribution in [2.24, 2.45) is 0 Å². The second kappa shape index (κ2) is 4.31. The van der Waals surface area contributed by atoms with Crippen LogP contribution in [0.1, 0.15) is 30.0 Å². The molecule has 2 heteroatoms. The zero-order chi connectivity index (χ0) is 14.7. The molecule has 1 fully saturated rings. The Morgan fingerprint density at radius 3 is 2.68 bits per heavy atom. The Balaban J connectivity index is 1.82. The fourth-order valence-electron chi connectivity index (χ4n) is 4.68. The van der Waals surface area contributed by atoms with Gasteiger partial charge in [-0.1, -0.05) is 48.5 Å². The van der Waals surface area contributed by atoms with E-state index in [1.54, 1.807) is 0 Å². The van der Waals surface area contributed by atoms with Gasteiger partial charge >= 0.3 is 0 Å². The van der Waals surface area contributed by atoms with Gasteiger partial charge in [-0.3, -0.25) is 0 Å². The van der Waals surface area contributed by atoms with Gasteiger partial charge < -0.3 is 9.85 Å². The summed E-state index contributed by atoms with van der Waals surface area (Å²) in [5.41, 5.74) is 2.75. The van der Waals surface area contributed by atoms with Crippen LogP contribution in [0.5, 0.6) is 0 Å². The Morgan fingerprint density at radius 2 is 1.73 bits per heavy atom. The summed E-state index contributed by atoms with van der Waals surface area (Å²) in [7, 11) is 0. The molecule has 3 aromatic carbocycles. The van der Waals surface area contributed by atoms with Crippen molar-refractivity contribution in [2.45, 2.75) is 25.3 Å². The maximum absolute atomic E-state index is 12.9. The van der Waals surface area contributed by atoms with Gasteiger partial charge in [-0.25, -0.2) is 0 Å². The largest absolute Gasteiger partial charge is 0.632 e. The van der Waals surface area contributed by atoms with Crippen LogP contribution < -0.4 is 0 Å². The number of hydrogen-bond acceptors (Lipinski definition) is 1. The molecule has 1 saturated heterocycles. The Hall–Kier alpha value is -1.90. The van der Waals surface area contributed by atoms with Gasteiger partial charge in [0, 0.05) is 24.8 Å². The van der Waals surface area contributed by atoms with Gasteiger partial charge in [0.2, 0.25) is 0 Å². The Kier molecular flexibility index (Phi) is 2.47. The summed E-state index contributed by atoms with van der Waals surface area (Å²) in [6.45, 7) is 1.56. The van der Waals surface area contributed by atoms with Crippen molar-refractivity contribution in [3.05, 3.63) is 64.9 Å². The standard InChI is InChI=1S/C20H19NO/c22-21-12-3-6-20(21)19-10-9-16-15-5-2-1-4-14(15)7-8-17(16)18(19)11-13-21/h1-2,4-5,7-10,20H,3,6,11-13H2. The second-order valence-electron chi connectivity index (χ2n) is 6.82. The van der Waals surface area contributed by atoms with Crippen LogP contribution in [0.25, 0.3) is 21.5 Å². The van der Waals surface area contributed by atoms with Gasteiger partial charge in [0.15, 0.2) is 0 Å². The third-order valence-electron chi connectivity index (χ3n) is 5.76. The lowest BCUT2D eigenvalue weighted by atomic mass is 9.87. The van der Waals surface area contributed by atoms with Gasteiger partial charge in [-0.05, 0) is 27.1 Å². The highest BCUT2D eigenvalue weighted by Gasteiger charge is 2.40. The lowest BCUT2D eigenvalue weighted by Crippen LogP contribution is -2.45. The zero-order valence-corrected chi connectivity index (χ0v) is 12.6. The molecule has 0 N–H and O–H groups in total. The van der Waals surface area contributed by atoms with Crippen LogP contribution >= 0.6 is 0 Å². The summed E-state index contributed by atoms with van der Waals surface area (Å²) in [6.07, 6.45) is 3.05. The molecule has 0 bridgehead atoms. The van der Waals surface area contributed by atoms with E-state index in [4.69, 9.17) is 0 Å². The summed E-state index contributed by atoms with van der Waals surface area (Å²) in [4.78, 5) is 0. The first-order valence-electron chi connectivity index (χ1n) is 8.27. The normalized spacial score (nSPS) is 27.0. The molecule has 2 atom stereocenters. The monoisotopic (exact) mass is 289 g/mol. The fraction of sp³-hybridized carbons (Fsp3) is 0.300. The van der Waals surface area contributed by atoms with Crippen LogP contribution in [0.2, 0.25) is 0 Å². The first-order chi connectivity index (χ1) is 10.8. The van der Waals surface area contributed by atoms with E-state index in [-0.39, 0.29) is 10.7 Å². The van der Waals surface area contributed by atoms with Crippen LogP contribution in [-0.4, -0.2) is 17.7 Å².